The van der Waals surface area contributed by atoms with Gasteiger partial charge in [0, 0.05) is 0 Å². The van der Waals surface area contributed by atoms with E-state index in [1.54, 1.807) is 0 Å². The number of hydrogen-bond donors (Lipinski definition) is 0. The van der Waals surface area contributed by atoms with Gasteiger partial charge in [-0.1, -0.05) is 0 Å². The summed E-state index contributed by atoms with van der Waals surface area (Å²) in [6.45, 7) is 3.27. The number of rotatable bonds is 2. The van der Waals surface area contributed by atoms with Crippen molar-refractivity contribution in [1.82, 2.24) is 9.97 Å². The van der Waals surface area contributed by atoms with Gasteiger partial charge >= 0.3 is 144 Å². The number of ether oxygens (including phenoxy) is 1. The molecule has 0 saturated carbocycles. The summed E-state index contributed by atoms with van der Waals surface area (Å²) in [6.07, 6.45) is 3.74. The number of fused-ring (bicyclic) bond motifs is 1. The number of halogens is 1. The molecule has 2 aliphatic rings. The molecule has 2 aromatic rings. The molecule has 2 aromatic heterocycles. The van der Waals surface area contributed by atoms with Crippen LogP contribution in [0.15, 0.2) is 33.8 Å². The van der Waals surface area contributed by atoms with Gasteiger partial charge in [-0.2, -0.15) is 0 Å². The van der Waals surface area contributed by atoms with Crippen molar-refractivity contribution in [1.29, 1.82) is 0 Å². The quantitative estimate of drug-likeness (QED) is 0.540. The molecule has 0 aromatic carbocycles. The van der Waals surface area contributed by atoms with E-state index in [9.17, 15) is 0 Å². The number of anilines is 1. The monoisotopic (exact) mass is 420 g/mol. The first kappa shape index (κ1) is 14.4. The van der Waals surface area contributed by atoms with Crippen LogP contribution in [0, 0.1) is 0 Å². The molecule has 0 bridgehead atoms. The second-order valence-corrected chi connectivity index (χ2v) is 8.33. The number of nitrogens with zero attached hydrogens (tertiary/aromatic N) is 4. The standard InChI is InChI=1S/C15H13ClN4O.Sn/c16-13-9-11(1-3-18-13)15(17)12-2-4-19-14(10-12)20-5-7-21-8-6-20;/h2-4,9-10H,5-8H2;/q-1;+1. The normalized spacial score (nSPS) is 17.3. The molecule has 1 saturated heterocycles. The minimum absolute atomic E-state index is 0.523. The first-order chi connectivity index (χ1) is 10.8. The van der Waals surface area contributed by atoms with E-state index in [0.717, 1.165) is 49.0 Å². The summed E-state index contributed by atoms with van der Waals surface area (Å²) in [5, 5.41) is 0.523. The summed E-state index contributed by atoms with van der Waals surface area (Å²) in [4.78, 5) is 10.9. The molecule has 4 heterocycles. The molecule has 0 unspecified atom stereocenters. The van der Waals surface area contributed by atoms with E-state index >= 15 is 0 Å². The van der Waals surface area contributed by atoms with Crippen LogP contribution in [0.25, 0.3) is 0 Å². The summed E-state index contributed by atoms with van der Waals surface area (Å²) in [6, 6.07) is 6.07. The van der Waals surface area contributed by atoms with Crippen LogP contribution in [0.2, 0.25) is 5.15 Å². The van der Waals surface area contributed by atoms with Crippen LogP contribution in [-0.2, 0) is 4.74 Å². The van der Waals surface area contributed by atoms with E-state index in [0.29, 0.717) is 5.15 Å². The van der Waals surface area contributed by atoms with Crippen molar-refractivity contribution in [2.45, 2.75) is 0 Å². The molecular weight excluding hydrogens is 406 g/mol. The second-order valence-electron chi connectivity index (χ2n) is 5.13. The Morgan fingerprint density at radius 2 is 2.05 bits per heavy atom. The van der Waals surface area contributed by atoms with E-state index in [4.69, 9.17) is 19.6 Å². The Morgan fingerprint density at radius 3 is 2.91 bits per heavy atom. The summed E-state index contributed by atoms with van der Waals surface area (Å²) in [7, 11) is 0. The molecule has 0 amide bonds. The Hall–Kier alpha value is -1.18. The maximum absolute atomic E-state index is 6.05. The van der Waals surface area contributed by atoms with Crippen LogP contribution in [0.5, 0.6) is 0 Å². The Kier molecular flexibility index (Phi) is 4.02. The first-order valence-corrected chi connectivity index (χ1v) is 10.2. The van der Waals surface area contributed by atoms with Crippen molar-refractivity contribution in [3.05, 3.63) is 46.9 Å². The van der Waals surface area contributed by atoms with E-state index < -0.39 is 21.4 Å². The van der Waals surface area contributed by atoms with Gasteiger partial charge in [0.2, 0.25) is 0 Å². The van der Waals surface area contributed by atoms with Gasteiger partial charge in [0.25, 0.3) is 0 Å². The minimum atomic E-state index is -0.928. The number of pyridine rings is 2. The Balaban J connectivity index is 1.68. The van der Waals surface area contributed by atoms with Gasteiger partial charge in [-0.3, -0.25) is 0 Å². The van der Waals surface area contributed by atoms with E-state index in [2.05, 4.69) is 20.9 Å². The Morgan fingerprint density at radius 1 is 1.18 bits per heavy atom. The molecule has 7 heteroatoms. The van der Waals surface area contributed by atoms with Gasteiger partial charge < -0.3 is 0 Å². The second kappa shape index (κ2) is 6.14. The van der Waals surface area contributed by atoms with Crippen LogP contribution in [0.3, 0.4) is 0 Å². The predicted molar refractivity (Wildman–Crippen MR) is 87.5 cm³/mol. The van der Waals surface area contributed by atoms with Gasteiger partial charge in [-0.15, -0.1) is 0 Å². The SMILES string of the molecule is Clc1cc2[c](cn1)[Sn][N]=C2c1ccnc(N2CCOCC2)c1. The van der Waals surface area contributed by atoms with Crippen LogP contribution in [-0.4, -0.2) is 63.4 Å². The van der Waals surface area contributed by atoms with Crippen LogP contribution < -0.4 is 8.48 Å². The average Bonchev–Trinajstić information content (AvgIpc) is 2.99. The Bertz CT molecular complexity index is 746. The van der Waals surface area contributed by atoms with Crippen LogP contribution in [0.1, 0.15) is 11.1 Å². The van der Waals surface area contributed by atoms with Crippen LogP contribution in [0.4, 0.5) is 5.82 Å². The van der Waals surface area contributed by atoms with Gasteiger partial charge in [0.15, 0.2) is 0 Å². The topological polar surface area (TPSA) is 50.6 Å². The number of hydrogen-bond acceptors (Lipinski definition) is 5. The summed E-state index contributed by atoms with van der Waals surface area (Å²) >= 11 is 5.12. The van der Waals surface area contributed by atoms with Crippen molar-refractivity contribution in [2.24, 2.45) is 3.21 Å². The van der Waals surface area contributed by atoms with E-state index in [1.165, 1.54) is 3.58 Å². The van der Waals surface area contributed by atoms with Crippen molar-refractivity contribution < 1.29 is 4.74 Å². The molecule has 22 heavy (non-hydrogen) atoms. The van der Waals surface area contributed by atoms with Crippen molar-refractivity contribution in [3.8, 4) is 0 Å². The van der Waals surface area contributed by atoms with Gasteiger partial charge in [-0.25, -0.2) is 0 Å². The van der Waals surface area contributed by atoms with Crippen molar-refractivity contribution in [2.75, 3.05) is 31.2 Å². The van der Waals surface area contributed by atoms with Crippen molar-refractivity contribution in [3.63, 3.8) is 0 Å². The average molecular weight is 419 g/mol. The van der Waals surface area contributed by atoms with E-state index in [-0.39, 0.29) is 0 Å². The maximum atomic E-state index is 6.05. The molecule has 4 rings (SSSR count). The molecule has 5 nitrogen and oxygen atoms in total. The third kappa shape index (κ3) is 2.73. The fraction of sp³-hybridized carbons (Fsp3) is 0.267. The summed E-state index contributed by atoms with van der Waals surface area (Å²) in [5.41, 5.74) is 3.30. The van der Waals surface area contributed by atoms with Crippen LogP contribution >= 0.6 is 11.6 Å². The first-order valence-electron chi connectivity index (χ1n) is 7.10. The fourth-order valence-corrected chi connectivity index (χ4v) is 5.41. The molecule has 2 aliphatic heterocycles. The zero-order valence-electron chi connectivity index (χ0n) is 11.8. The fourth-order valence-electron chi connectivity index (χ4n) is 2.64. The van der Waals surface area contributed by atoms with Gasteiger partial charge in [0.1, 0.15) is 0 Å². The number of aromatic nitrogens is 2. The molecule has 110 valence electrons. The van der Waals surface area contributed by atoms with E-state index in [1.807, 2.05) is 24.5 Å². The molecular formula is C15H13ClN4OSn. The molecule has 0 N–H and O–H groups in total. The summed E-state index contributed by atoms with van der Waals surface area (Å²) < 4.78 is 11.5. The zero-order valence-corrected chi connectivity index (χ0v) is 15.4. The molecule has 0 aliphatic carbocycles. The third-order valence-corrected chi connectivity index (χ3v) is 6.76. The number of morpholine rings is 1. The van der Waals surface area contributed by atoms with Gasteiger partial charge in [0.05, 0.1) is 0 Å². The molecule has 0 atom stereocenters. The predicted octanol–water partition coefficient (Wildman–Crippen LogP) is 1.06. The zero-order chi connectivity index (χ0) is 14.9. The van der Waals surface area contributed by atoms with Crippen molar-refractivity contribution >= 4 is 48.1 Å². The third-order valence-electron chi connectivity index (χ3n) is 3.77. The Labute approximate surface area is 144 Å². The summed E-state index contributed by atoms with van der Waals surface area (Å²) in [5.74, 6) is 0.988. The molecule has 0 spiro atoms. The molecule has 2 radical (unpaired) electrons. The molecule has 1 fully saturated rings. The van der Waals surface area contributed by atoms with Gasteiger partial charge in [-0.05, 0) is 0 Å².